The first kappa shape index (κ1) is 27.1. The molecule has 0 spiro atoms. The molecule has 1 aliphatic rings. The molecule has 1 unspecified atom stereocenters. The third-order valence-electron chi connectivity index (χ3n) is 5.44. The highest BCUT2D eigenvalue weighted by Gasteiger charge is 2.71. The van der Waals surface area contributed by atoms with Crippen molar-refractivity contribution in [3.63, 3.8) is 0 Å². The van der Waals surface area contributed by atoms with Crippen molar-refractivity contribution >= 4 is 27.5 Å². The number of benzene rings is 2. The van der Waals surface area contributed by atoms with Crippen molar-refractivity contribution in [1.29, 1.82) is 0 Å². The summed E-state index contributed by atoms with van der Waals surface area (Å²) in [5, 5.41) is 18.9. The van der Waals surface area contributed by atoms with Gasteiger partial charge >= 0.3 is 18.4 Å². The molecule has 1 heterocycles. The number of rotatable bonds is 5. The average Bonchev–Trinajstić information content (AvgIpc) is 3.14. The zero-order valence-electron chi connectivity index (χ0n) is 18.0. The largest absolute Gasteiger partial charge is 0.465 e. The van der Waals surface area contributed by atoms with E-state index in [9.17, 15) is 54.6 Å². The van der Waals surface area contributed by atoms with E-state index in [-0.39, 0.29) is 28.3 Å². The van der Waals surface area contributed by atoms with Gasteiger partial charge in [-0.15, -0.1) is 0 Å². The fourth-order valence-corrected chi connectivity index (χ4v) is 4.28. The molecule has 36 heavy (non-hydrogen) atoms. The van der Waals surface area contributed by atoms with Crippen molar-refractivity contribution in [2.75, 3.05) is 11.7 Å². The Morgan fingerprint density at radius 3 is 2.03 bits per heavy atom. The molecule has 196 valence electrons. The van der Waals surface area contributed by atoms with Gasteiger partial charge in [-0.3, -0.25) is 20.5 Å². The number of hydrogen-bond acceptors (Lipinski definition) is 6. The Labute approximate surface area is 199 Å². The lowest BCUT2D eigenvalue weighted by molar-refractivity contribution is -0.376. The summed E-state index contributed by atoms with van der Waals surface area (Å²) in [5.41, 5.74) is -2.03. The molecule has 9 nitrogen and oxygen atoms in total. The summed E-state index contributed by atoms with van der Waals surface area (Å²) in [6.07, 6.45) is -12.7. The molecule has 16 heteroatoms. The molecule has 0 bridgehead atoms. The smallest absolute Gasteiger partial charge is 0.430 e. The van der Waals surface area contributed by atoms with Crippen molar-refractivity contribution in [2.45, 2.75) is 35.4 Å². The third-order valence-corrected chi connectivity index (χ3v) is 6.55. The van der Waals surface area contributed by atoms with Crippen LogP contribution in [0.5, 0.6) is 0 Å². The van der Waals surface area contributed by atoms with E-state index < -0.39 is 51.4 Å². The quantitative estimate of drug-likeness (QED) is 0.338. The Kier molecular flexibility index (Phi) is 6.65. The SMILES string of the molecule is CS(=O)(=O)c1ccc2c(c1)CN(C(=O)O)C2C(=O)NNc1ccc(C(O)(C(F)(F)F)C(F)(F)F)cc1. The topological polar surface area (TPSA) is 136 Å². The number of carboxylic acid groups (broad SMARTS) is 1. The van der Waals surface area contributed by atoms with Gasteiger partial charge in [-0.25, -0.2) is 13.2 Å². The number of hydrogen-bond donors (Lipinski definition) is 4. The Morgan fingerprint density at radius 1 is 1.00 bits per heavy atom. The fraction of sp³-hybridized carbons (Fsp3) is 0.300. The van der Waals surface area contributed by atoms with Crippen molar-refractivity contribution in [1.82, 2.24) is 10.3 Å². The number of carbonyl (C=O) groups excluding carboxylic acids is 1. The van der Waals surface area contributed by atoms with E-state index in [1.54, 1.807) is 0 Å². The predicted octanol–water partition coefficient (Wildman–Crippen LogP) is 3.08. The van der Waals surface area contributed by atoms with Gasteiger partial charge in [-0.05, 0) is 35.4 Å². The van der Waals surface area contributed by atoms with Gasteiger partial charge in [0.25, 0.3) is 11.5 Å². The standard InChI is InChI=1S/C20H17F6N3O6S/c1-36(34,35)13-6-7-14-10(8-13)9-29(17(31)32)15(14)16(30)28-27-12-4-2-11(3-5-12)18(33,19(21,22)23)20(24,25)26/h2-8,15,27,33H,9H2,1H3,(H,28,30)(H,31,32). The van der Waals surface area contributed by atoms with Gasteiger partial charge in [-0.1, -0.05) is 18.2 Å². The summed E-state index contributed by atoms with van der Waals surface area (Å²) in [6.45, 7) is -0.311. The molecule has 2 aromatic rings. The molecule has 2 amide bonds. The minimum Gasteiger partial charge on any atom is -0.465 e. The second kappa shape index (κ2) is 8.85. The van der Waals surface area contributed by atoms with E-state index in [0.717, 1.165) is 18.4 Å². The van der Waals surface area contributed by atoms with Gasteiger partial charge in [-0.2, -0.15) is 26.3 Å². The highest BCUT2D eigenvalue weighted by atomic mass is 32.2. The number of nitrogens with zero attached hydrogens (tertiary/aromatic N) is 1. The van der Waals surface area contributed by atoms with E-state index in [2.05, 4.69) is 10.9 Å². The minimum atomic E-state index is -6.07. The van der Waals surface area contributed by atoms with Gasteiger partial charge in [0.1, 0.15) is 6.04 Å². The van der Waals surface area contributed by atoms with Crippen LogP contribution < -0.4 is 10.9 Å². The second-order valence-electron chi connectivity index (χ2n) is 7.84. The fourth-order valence-electron chi connectivity index (χ4n) is 3.60. The van der Waals surface area contributed by atoms with Crippen LogP contribution in [0.3, 0.4) is 0 Å². The summed E-state index contributed by atoms with van der Waals surface area (Å²) in [6, 6.07) is 4.42. The summed E-state index contributed by atoms with van der Waals surface area (Å²) in [5.74, 6) is -0.963. The number of aliphatic hydroxyl groups is 1. The molecule has 0 saturated heterocycles. The van der Waals surface area contributed by atoms with Crippen LogP contribution in [0.4, 0.5) is 36.8 Å². The molecular formula is C20H17F6N3O6S. The number of amides is 2. The van der Waals surface area contributed by atoms with Crippen LogP contribution in [-0.2, 0) is 26.8 Å². The Hall–Kier alpha value is -3.53. The summed E-state index contributed by atoms with van der Waals surface area (Å²) < 4.78 is 102. The molecule has 0 saturated carbocycles. The lowest BCUT2D eigenvalue weighted by Gasteiger charge is -2.32. The molecular weight excluding hydrogens is 524 g/mol. The molecule has 0 radical (unpaired) electrons. The maximum atomic E-state index is 13.0. The number of nitrogens with one attached hydrogen (secondary N) is 2. The third kappa shape index (κ3) is 4.77. The number of sulfone groups is 1. The zero-order valence-corrected chi connectivity index (χ0v) is 18.8. The van der Waals surface area contributed by atoms with Crippen LogP contribution in [0.2, 0.25) is 0 Å². The highest BCUT2D eigenvalue weighted by Crippen LogP contribution is 2.50. The molecule has 4 N–H and O–H groups in total. The number of carbonyl (C=O) groups is 2. The monoisotopic (exact) mass is 541 g/mol. The summed E-state index contributed by atoms with van der Waals surface area (Å²) >= 11 is 0. The van der Waals surface area contributed by atoms with E-state index in [4.69, 9.17) is 0 Å². The second-order valence-corrected chi connectivity index (χ2v) is 9.86. The maximum absolute atomic E-state index is 13.0. The molecule has 2 aromatic carbocycles. The summed E-state index contributed by atoms with van der Waals surface area (Å²) in [7, 11) is -3.62. The van der Waals surface area contributed by atoms with E-state index in [1.807, 2.05) is 0 Å². The number of fused-ring (bicyclic) bond motifs is 1. The Bertz CT molecular complexity index is 1280. The molecule has 3 rings (SSSR count). The van der Waals surface area contributed by atoms with Gasteiger partial charge in [0, 0.05) is 11.8 Å². The molecule has 1 aliphatic heterocycles. The first-order valence-electron chi connectivity index (χ1n) is 9.72. The van der Waals surface area contributed by atoms with E-state index in [0.29, 0.717) is 17.0 Å². The van der Waals surface area contributed by atoms with Gasteiger partial charge < -0.3 is 10.2 Å². The zero-order chi connectivity index (χ0) is 27.3. The molecule has 0 fully saturated rings. The number of halogens is 6. The number of hydrazine groups is 1. The van der Waals surface area contributed by atoms with Gasteiger partial charge in [0.15, 0.2) is 9.84 Å². The molecule has 0 aromatic heterocycles. The lowest BCUT2D eigenvalue weighted by atomic mass is 9.92. The van der Waals surface area contributed by atoms with Crippen LogP contribution in [0, 0.1) is 0 Å². The average molecular weight is 541 g/mol. The molecule has 0 aliphatic carbocycles. The number of alkyl halides is 6. The first-order chi connectivity index (χ1) is 16.4. The summed E-state index contributed by atoms with van der Waals surface area (Å²) in [4.78, 5) is 25.0. The van der Waals surface area contributed by atoms with E-state index in [1.165, 1.54) is 18.2 Å². The van der Waals surface area contributed by atoms with Crippen molar-refractivity contribution < 1.29 is 54.6 Å². The van der Waals surface area contributed by atoms with Crippen LogP contribution >= 0.6 is 0 Å². The van der Waals surface area contributed by atoms with Crippen LogP contribution in [0.25, 0.3) is 0 Å². The number of anilines is 1. The normalized spacial score (nSPS) is 16.4. The maximum Gasteiger partial charge on any atom is 0.430 e. The van der Waals surface area contributed by atoms with Gasteiger partial charge in [0.05, 0.1) is 17.1 Å². The Balaban J connectivity index is 1.82. The highest BCUT2D eigenvalue weighted by molar-refractivity contribution is 7.90. The predicted molar refractivity (Wildman–Crippen MR) is 110 cm³/mol. The lowest BCUT2D eigenvalue weighted by Crippen LogP contribution is -2.53. The van der Waals surface area contributed by atoms with Crippen LogP contribution in [0.15, 0.2) is 47.4 Å². The first-order valence-corrected chi connectivity index (χ1v) is 11.6. The van der Waals surface area contributed by atoms with E-state index >= 15 is 0 Å². The van der Waals surface area contributed by atoms with Crippen molar-refractivity contribution in [3.8, 4) is 0 Å². The van der Waals surface area contributed by atoms with Gasteiger partial charge in [0.2, 0.25) is 0 Å². The minimum absolute atomic E-state index is 0.0939. The van der Waals surface area contributed by atoms with Crippen LogP contribution in [0.1, 0.15) is 22.7 Å². The van der Waals surface area contributed by atoms with Crippen LogP contribution in [-0.4, -0.2) is 54.1 Å². The Morgan fingerprint density at radius 2 is 1.56 bits per heavy atom. The van der Waals surface area contributed by atoms with Crippen molar-refractivity contribution in [2.24, 2.45) is 0 Å². The van der Waals surface area contributed by atoms with Crippen molar-refractivity contribution in [3.05, 3.63) is 59.2 Å². The molecule has 1 atom stereocenters.